The van der Waals surface area contributed by atoms with E-state index in [0.717, 1.165) is 6.54 Å². The smallest absolute Gasteiger partial charge is 0.0605 e. The van der Waals surface area contributed by atoms with Gasteiger partial charge in [-0.15, -0.1) is 0 Å². The van der Waals surface area contributed by atoms with Crippen molar-refractivity contribution in [2.75, 3.05) is 6.54 Å². The standard InChI is InChI=1S/C14H22N2/c1-4-14(2,3)10-16-12-8-7-11-6-5-9-15-13(11)12/h5-6,9,12,16H,4,7-8,10H2,1-3H3. The second-order valence-corrected chi connectivity index (χ2v) is 5.54. The number of fused-ring (bicyclic) bond motifs is 1. The summed E-state index contributed by atoms with van der Waals surface area (Å²) in [6.45, 7) is 7.95. The van der Waals surface area contributed by atoms with Crippen molar-refractivity contribution in [1.29, 1.82) is 0 Å². The summed E-state index contributed by atoms with van der Waals surface area (Å²) in [7, 11) is 0. The van der Waals surface area contributed by atoms with E-state index >= 15 is 0 Å². The van der Waals surface area contributed by atoms with Crippen LogP contribution in [0.5, 0.6) is 0 Å². The minimum absolute atomic E-state index is 0.386. The topological polar surface area (TPSA) is 24.9 Å². The van der Waals surface area contributed by atoms with Crippen LogP contribution in [-0.2, 0) is 6.42 Å². The SMILES string of the molecule is CCC(C)(C)CNC1CCc2cccnc21. The second-order valence-electron chi connectivity index (χ2n) is 5.54. The molecule has 0 bridgehead atoms. The highest BCUT2D eigenvalue weighted by atomic mass is 15.0. The average Bonchev–Trinajstić information content (AvgIpc) is 2.70. The quantitative estimate of drug-likeness (QED) is 0.840. The first-order valence-electron chi connectivity index (χ1n) is 6.29. The van der Waals surface area contributed by atoms with Gasteiger partial charge < -0.3 is 5.32 Å². The molecular weight excluding hydrogens is 196 g/mol. The summed E-state index contributed by atoms with van der Waals surface area (Å²) in [5.41, 5.74) is 3.08. The van der Waals surface area contributed by atoms with Crippen LogP contribution in [-0.4, -0.2) is 11.5 Å². The van der Waals surface area contributed by atoms with Crippen molar-refractivity contribution in [2.45, 2.75) is 46.1 Å². The van der Waals surface area contributed by atoms with E-state index in [2.05, 4.69) is 37.1 Å². The number of aromatic nitrogens is 1. The molecule has 0 radical (unpaired) electrons. The third-order valence-electron chi connectivity index (χ3n) is 3.74. The van der Waals surface area contributed by atoms with Crippen molar-refractivity contribution in [3.63, 3.8) is 0 Å². The Hall–Kier alpha value is -0.890. The molecule has 1 aromatic heterocycles. The number of nitrogens with one attached hydrogen (secondary N) is 1. The molecule has 1 aliphatic carbocycles. The predicted octanol–water partition coefficient (Wildman–Crippen LogP) is 3.09. The number of hydrogen-bond donors (Lipinski definition) is 1. The average molecular weight is 218 g/mol. The predicted molar refractivity (Wildman–Crippen MR) is 67.4 cm³/mol. The lowest BCUT2D eigenvalue weighted by Gasteiger charge is -2.25. The minimum Gasteiger partial charge on any atom is -0.308 e. The molecule has 2 rings (SSSR count). The Labute approximate surface area is 98.5 Å². The fourth-order valence-electron chi connectivity index (χ4n) is 2.14. The highest BCUT2D eigenvalue weighted by Gasteiger charge is 2.25. The zero-order valence-electron chi connectivity index (χ0n) is 10.6. The minimum atomic E-state index is 0.386. The number of hydrogen-bond acceptors (Lipinski definition) is 2. The van der Waals surface area contributed by atoms with Crippen molar-refractivity contribution in [3.05, 3.63) is 29.6 Å². The van der Waals surface area contributed by atoms with E-state index in [9.17, 15) is 0 Å². The molecule has 2 heteroatoms. The molecule has 1 aromatic rings. The fraction of sp³-hybridized carbons (Fsp3) is 0.643. The molecular formula is C14H22N2. The first kappa shape index (κ1) is 11.6. The molecule has 1 atom stereocenters. The molecule has 0 fully saturated rings. The normalized spacial score (nSPS) is 19.8. The summed E-state index contributed by atoms with van der Waals surface area (Å²) < 4.78 is 0. The van der Waals surface area contributed by atoms with Crippen LogP contribution in [0.4, 0.5) is 0 Å². The molecule has 1 aliphatic rings. The third-order valence-corrected chi connectivity index (χ3v) is 3.74. The maximum absolute atomic E-state index is 4.50. The first-order valence-corrected chi connectivity index (χ1v) is 6.29. The van der Waals surface area contributed by atoms with Gasteiger partial charge in [-0.05, 0) is 36.3 Å². The van der Waals surface area contributed by atoms with E-state index in [0.29, 0.717) is 11.5 Å². The van der Waals surface area contributed by atoms with Gasteiger partial charge in [0, 0.05) is 12.7 Å². The van der Waals surface area contributed by atoms with Crippen molar-refractivity contribution in [1.82, 2.24) is 10.3 Å². The molecule has 1 N–H and O–H groups in total. The van der Waals surface area contributed by atoms with Crippen molar-refractivity contribution >= 4 is 0 Å². The van der Waals surface area contributed by atoms with Gasteiger partial charge >= 0.3 is 0 Å². The lowest BCUT2D eigenvalue weighted by molar-refractivity contribution is 0.307. The summed E-state index contributed by atoms with van der Waals surface area (Å²) >= 11 is 0. The third kappa shape index (κ3) is 2.43. The number of aryl methyl sites for hydroxylation is 1. The van der Waals surface area contributed by atoms with E-state index in [-0.39, 0.29) is 0 Å². The van der Waals surface area contributed by atoms with Crippen LogP contribution < -0.4 is 5.32 Å². The Morgan fingerprint density at radius 1 is 1.50 bits per heavy atom. The Bertz CT molecular complexity index is 358. The molecule has 2 nitrogen and oxygen atoms in total. The van der Waals surface area contributed by atoms with Crippen LogP contribution in [0.3, 0.4) is 0 Å². The monoisotopic (exact) mass is 218 g/mol. The largest absolute Gasteiger partial charge is 0.308 e. The molecule has 16 heavy (non-hydrogen) atoms. The van der Waals surface area contributed by atoms with Gasteiger partial charge in [0.1, 0.15) is 0 Å². The molecule has 0 spiro atoms. The first-order chi connectivity index (χ1) is 7.62. The van der Waals surface area contributed by atoms with Crippen LogP contribution in [0.2, 0.25) is 0 Å². The van der Waals surface area contributed by atoms with Crippen LogP contribution >= 0.6 is 0 Å². The second kappa shape index (κ2) is 4.54. The highest BCUT2D eigenvalue weighted by Crippen LogP contribution is 2.30. The Morgan fingerprint density at radius 2 is 2.31 bits per heavy atom. The lowest BCUT2D eigenvalue weighted by atomic mass is 9.90. The summed E-state index contributed by atoms with van der Waals surface area (Å²) in [6.07, 6.45) is 5.49. The zero-order chi connectivity index (χ0) is 11.6. The molecule has 0 amide bonds. The van der Waals surface area contributed by atoms with Gasteiger partial charge in [-0.2, -0.15) is 0 Å². The van der Waals surface area contributed by atoms with Crippen LogP contribution in [0.15, 0.2) is 18.3 Å². The lowest BCUT2D eigenvalue weighted by Crippen LogP contribution is -2.31. The zero-order valence-corrected chi connectivity index (χ0v) is 10.6. The van der Waals surface area contributed by atoms with Gasteiger partial charge in [0.15, 0.2) is 0 Å². The molecule has 1 heterocycles. The van der Waals surface area contributed by atoms with Crippen molar-refractivity contribution in [2.24, 2.45) is 5.41 Å². The maximum Gasteiger partial charge on any atom is 0.0605 e. The molecule has 0 saturated carbocycles. The van der Waals surface area contributed by atoms with Gasteiger partial charge in [0.25, 0.3) is 0 Å². The highest BCUT2D eigenvalue weighted by molar-refractivity contribution is 5.27. The van der Waals surface area contributed by atoms with Crippen molar-refractivity contribution < 1.29 is 0 Å². The van der Waals surface area contributed by atoms with E-state index < -0.39 is 0 Å². The summed E-state index contributed by atoms with van der Waals surface area (Å²) in [5, 5.41) is 3.67. The summed E-state index contributed by atoms with van der Waals surface area (Å²) in [5.74, 6) is 0. The Kier molecular flexibility index (Phi) is 3.29. The Morgan fingerprint density at radius 3 is 3.06 bits per heavy atom. The van der Waals surface area contributed by atoms with Crippen LogP contribution in [0, 0.1) is 5.41 Å². The molecule has 1 unspecified atom stereocenters. The fourth-order valence-corrected chi connectivity index (χ4v) is 2.14. The van der Waals surface area contributed by atoms with E-state index in [1.807, 2.05) is 12.3 Å². The van der Waals surface area contributed by atoms with E-state index in [1.54, 1.807) is 0 Å². The van der Waals surface area contributed by atoms with Crippen LogP contribution in [0.1, 0.15) is 50.9 Å². The summed E-state index contributed by atoms with van der Waals surface area (Å²) in [6, 6.07) is 4.72. The van der Waals surface area contributed by atoms with Crippen molar-refractivity contribution in [3.8, 4) is 0 Å². The van der Waals surface area contributed by atoms with Crippen LogP contribution in [0.25, 0.3) is 0 Å². The van der Waals surface area contributed by atoms with Gasteiger partial charge in [-0.3, -0.25) is 4.98 Å². The Balaban J connectivity index is 1.99. The maximum atomic E-state index is 4.50. The summed E-state index contributed by atoms with van der Waals surface area (Å²) in [4.78, 5) is 4.50. The molecule has 0 aromatic carbocycles. The number of rotatable bonds is 4. The molecule has 0 aliphatic heterocycles. The van der Waals surface area contributed by atoms with E-state index in [1.165, 1.54) is 30.5 Å². The molecule has 88 valence electrons. The van der Waals surface area contributed by atoms with E-state index in [4.69, 9.17) is 0 Å². The number of nitrogens with zero attached hydrogens (tertiary/aromatic N) is 1. The van der Waals surface area contributed by atoms with Gasteiger partial charge in [0.2, 0.25) is 0 Å². The van der Waals surface area contributed by atoms with Gasteiger partial charge in [-0.25, -0.2) is 0 Å². The van der Waals surface area contributed by atoms with Gasteiger partial charge in [-0.1, -0.05) is 26.8 Å². The number of pyridine rings is 1. The van der Waals surface area contributed by atoms with Gasteiger partial charge in [0.05, 0.1) is 11.7 Å². The molecule has 0 saturated heterocycles.